The van der Waals surface area contributed by atoms with Crippen molar-refractivity contribution in [1.29, 1.82) is 0 Å². The Kier molecular flexibility index (Phi) is 12.6. The molecular weight excluding hydrogens is 390 g/mol. The Morgan fingerprint density at radius 2 is 1.35 bits per heavy atom. The average Bonchev–Trinajstić information content (AvgIpc) is 2.72. The molecule has 1 heterocycles. The summed E-state index contributed by atoms with van der Waals surface area (Å²) in [6.07, 6.45) is 22.4. The van der Waals surface area contributed by atoms with Gasteiger partial charge in [0.25, 0.3) is 11.8 Å². The van der Waals surface area contributed by atoms with Gasteiger partial charge in [-0.05, 0) is 32.1 Å². The predicted molar refractivity (Wildman–Crippen MR) is 127 cm³/mol. The van der Waals surface area contributed by atoms with Gasteiger partial charge in [-0.3, -0.25) is 0 Å². The first-order valence-electron chi connectivity index (χ1n) is 12.7. The monoisotopic (exact) mass is 435 g/mol. The van der Waals surface area contributed by atoms with Crippen molar-refractivity contribution in [2.75, 3.05) is 5.12 Å². The lowest BCUT2D eigenvalue weighted by Crippen LogP contribution is -2.39. The van der Waals surface area contributed by atoms with Crippen LogP contribution < -0.4 is 21.5 Å². The molecule has 1 aliphatic carbocycles. The lowest BCUT2D eigenvalue weighted by Gasteiger charge is -2.26. The highest BCUT2D eigenvalue weighted by Crippen LogP contribution is 2.33. The first-order valence-corrected chi connectivity index (χ1v) is 12.7. The van der Waals surface area contributed by atoms with E-state index in [0.29, 0.717) is 12.1 Å². The van der Waals surface area contributed by atoms with Crippen LogP contribution in [0.4, 0.5) is 5.95 Å². The molecule has 1 aliphatic rings. The number of hydrogen-bond acceptors (Lipinski definition) is 7. The zero-order chi connectivity index (χ0) is 22.3. The maximum absolute atomic E-state index is 10.5. The Bertz CT molecular complexity index is 608. The number of nitrogens with two attached hydrogens (primary N) is 2. The zero-order valence-electron chi connectivity index (χ0n) is 19.7. The Labute approximate surface area is 188 Å². The SMILES string of the molecule is CCCCCCCCCCCCCCCCc1nc(N(N)N)nc(OC2CCC2)c1O. The molecule has 178 valence electrons. The molecule has 0 aromatic carbocycles. The predicted octanol–water partition coefficient (Wildman–Crippen LogP) is 5.69. The second kappa shape index (κ2) is 15.2. The first kappa shape index (κ1) is 25.7. The maximum Gasteiger partial charge on any atom is 0.262 e. The maximum atomic E-state index is 10.5. The molecule has 0 bridgehead atoms. The van der Waals surface area contributed by atoms with E-state index in [1.54, 1.807) is 0 Å². The van der Waals surface area contributed by atoms with Crippen LogP contribution in [0.1, 0.15) is 122 Å². The number of aryl methyl sites for hydroxylation is 1. The second-order valence-corrected chi connectivity index (χ2v) is 9.05. The Balaban J connectivity index is 1.57. The number of anilines is 1. The highest BCUT2D eigenvalue weighted by Gasteiger charge is 2.24. The second-order valence-electron chi connectivity index (χ2n) is 9.05. The number of aromatic hydroxyl groups is 1. The molecule has 0 spiro atoms. The van der Waals surface area contributed by atoms with Gasteiger partial charge in [-0.25, -0.2) is 21.8 Å². The van der Waals surface area contributed by atoms with E-state index in [1.807, 2.05) is 0 Å². The molecule has 0 atom stereocenters. The summed E-state index contributed by atoms with van der Waals surface area (Å²) in [5.41, 5.74) is 0.569. The van der Waals surface area contributed by atoms with Crippen LogP contribution in [-0.4, -0.2) is 21.2 Å². The summed E-state index contributed by atoms with van der Waals surface area (Å²) in [6, 6.07) is 0. The number of hydrogen-bond donors (Lipinski definition) is 3. The number of ether oxygens (including phenoxy) is 1. The van der Waals surface area contributed by atoms with Gasteiger partial charge in [0.05, 0.1) is 5.69 Å². The number of rotatable bonds is 18. The van der Waals surface area contributed by atoms with Gasteiger partial charge in [0.15, 0.2) is 0 Å². The van der Waals surface area contributed by atoms with E-state index in [1.165, 1.54) is 77.0 Å². The fourth-order valence-electron chi connectivity index (χ4n) is 3.97. The molecule has 7 nitrogen and oxygen atoms in total. The van der Waals surface area contributed by atoms with Crippen molar-refractivity contribution < 1.29 is 9.84 Å². The van der Waals surface area contributed by atoms with Crippen LogP contribution in [0, 0.1) is 0 Å². The average molecular weight is 436 g/mol. The third kappa shape index (κ3) is 10.0. The van der Waals surface area contributed by atoms with Crippen LogP contribution in [0.5, 0.6) is 11.6 Å². The molecule has 0 saturated heterocycles. The molecular formula is C24H45N5O2. The highest BCUT2D eigenvalue weighted by atomic mass is 16.5. The molecule has 7 heteroatoms. The largest absolute Gasteiger partial charge is 0.502 e. The van der Waals surface area contributed by atoms with Crippen molar-refractivity contribution >= 4 is 5.95 Å². The molecule has 1 fully saturated rings. The van der Waals surface area contributed by atoms with Gasteiger partial charge in [0, 0.05) is 0 Å². The zero-order valence-corrected chi connectivity index (χ0v) is 19.7. The summed E-state index contributed by atoms with van der Waals surface area (Å²) < 4.78 is 5.80. The summed E-state index contributed by atoms with van der Waals surface area (Å²) in [7, 11) is 0. The molecule has 5 N–H and O–H groups in total. The lowest BCUT2D eigenvalue weighted by molar-refractivity contribution is 0.110. The first-order chi connectivity index (χ1) is 15.1. The summed E-state index contributed by atoms with van der Waals surface area (Å²) in [6.45, 7) is 2.27. The van der Waals surface area contributed by atoms with E-state index in [9.17, 15) is 5.11 Å². The quantitative estimate of drug-likeness (QED) is 0.154. The summed E-state index contributed by atoms with van der Waals surface area (Å²) in [4.78, 5) is 8.48. The van der Waals surface area contributed by atoms with Gasteiger partial charge in [-0.1, -0.05) is 90.4 Å². The summed E-state index contributed by atoms with van der Waals surface area (Å²) in [5, 5.41) is 11.4. The molecule has 2 rings (SSSR count). The molecule has 0 radical (unpaired) electrons. The van der Waals surface area contributed by atoms with Gasteiger partial charge in [0.2, 0.25) is 5.75 Å². The normalized spacial score (nSPS) is 13.9. The standard InChI is InChI=1S/C24H45N5O2/c1-2-3-4-5-6-7-8-9-10-11-12-13-14-15-19-21-22(30)23(31-20-17-16-18-20)28-24(27-21)29(25)26/h20,30H,2-19,25-26H2,1H3. The molecule has 0 aliphatic heterocycles. The van der Waals surface area contributed by atoms with Crippen LogP contribution in [-0.2, 0) is 6.42 Å². The van der Waals surface area contributed by atoms with Crippen molar-refractivity contribution in [3.8, 4) is 11.6 Å². The molecule has 1 saturated carbocycles. The van der Waals surface area contributed by atoms with Crippen LogP contribution in [0.3, 0.4) is 0 Å². The summed E-state index contributed by atoms with van der Waals surface area (Å²) >= 11 is 0. The third-order valence-corrected chi connectivity index (χ3v) is 6.24. The molecule has 1 aromatic heterocycles. The number of nitrogens with zero attached hydrogens (tertiary/aromatic N) is 3. The third-order valence-electron chi connectivity index (χ3n) is 6.24. The molecule has 31 heavy (non-hydrogen) atoms. The van der Waals surface area contributed by atoms with Gasteiger partial charge < -0.3 is 9.84 Å². The van der Waals surface area contributed by atoms with Crippen molar-refractivity contribution in [3.63, 3.8) is 0 Å². The fraction of sp³-hybridized carbons (Fsp3) is 0.833. The van der Waals surface area contributed by atoms with Crippen molar-refractivity contribution in [1.82, 2.24) is 9.97 Å². The van der Waals surface area contributed by atoms with Gasteiger partial charge in [-0.2, -0.15) is 4.98 Å². The van der Waals surface area contributed by atoms with Crippen LogP contribution >= 0.6 is 0 Å². The highest BCUT2D eigenvalue weighted by molar-refractivity contribution is 5.43. The Morgan fingerprint density at radius 1 is 0.839 bits per heavy atom. The van der Waals surface area contributed by atoms with Gasteiger partial charge in [-0.15, -0.1) is 0 Å². The molecule has 1 aromatic rings. The van der Waals surface area contributed by atoms with Crippen LogP contribution in [0.2, 0.25) is 0 Å². The van der Waals surface area contributed by atoms with E-state index in [2.05, 4.69) is 16.9 Å². The topological polar surface area (TPSA) is 111 Å². The minimum atomic E-state index is 0.0344. The number of aromatic nitrogens is 2. The van der Waals surface area contributed by atoms with Crippen molar-refractivity contribution in [3.05, 3.63) is 5.69 Å². The molecule has 0 unspecified atom stereocenters. The van der Waals surface area contributed by atoms with Gasteiger partial charge in [0.1, 0.15) is 6.10 Å². The van der Waals surface area contributed by atoms with E-state index >= 15 is 0 Å². The van der Waals surface area contributed by atoms with E-state index in [4.69, 9.17) is 16.4 Å². The Morgan fingerprint density at radius 3 is 1.81 bits per heavy atom. The van der Waals surface area contributed by atoms with Gasteiger partial charge >= 0.3 is 0 Å². The van der Waals surface area contributed by atoms with Crippen molar-refractivity contribution in [2.45, 2.75) is 129 Å². The van der Waals surface area contributed by atoms with Crippen LogP contribution in [0.15, 0.2) is 0 Å². The fourth-order valence-corrected chi connectivity index (χ4v) is 3.97. The van der Waals surface area contributed by atoms with Crippen LogP contribution in [0.25, 0.3) is 0 Å². The van der Waals surface area contributed by atoms with E-state index in [-0.39, 0.29) is 23.7 Å². The minimum absolute atomic E-state index is 0.0344. The number of hydrazine groups is 2. The smallest absolute Gasteiger partial charge is 0.262 e. The molecule has 0 amide bonds. The van der Waals surface area contributed by atoms with Crippen molar-refractivity contribution in [2.24, 2.45) is 11.7 Å². The van der Waals surface area contributed by atoms with E-state index < -0.39 is 0 Å². The Hall–Kier alpha value is -1.60. The minimum Gasteiger partial charge on any atom is -0.502 e. The summed E-state index contributed by atoms with van der Waals surface area (Å²) in [5.74, 6) is 11.6. The van der Waals surface area contributed by atoms with E-state index in [0.717, 1.165) is 37.2 Å². The lowest BCUT2D eigenvalue weighted by atomic mass is 9.96. The number of unbranched alkanes of at least 4 members (excludes halogenated alkanes) is 13.